The molecule has 4 heteroatoms. The van der Waals surface area contributed by atoms with Gasteiger partial charge in [0, 0.05) is 31.8 Å². The highest BCUT2D eigenvalue weighted by Gasteiger charge is 2.21. The minimum absolute atomic E-state index is 0.147. The van der Waals surface area contributed by atoms with Gasteiger partial charge in [0.25, 0.3) is 5.69 Å². The highest BCUT2D eigenvalue weighted by atomic mass is 32.1. The maximum Gasteiger partial charge on any atom is 0.277 e. The first-order valence-corrected chi connectivity index (χ1v) is 9.12. The lowest BCUT2D eigenvalue weighted by Gasteiger charge is -2.09. The average molecular weight is 355 g/mol. The largest absolute Gasteiger partial charge is 0.277 e. The third kappa shape index (κ3) is 2.13. The Morgan fingerprint density at radius 1 is 0.731 bits per heavy atom. The van der Waals surface area contributed by atoms with E-state index in [1.54, 1.807) is 17.4 Å². The highest BCUT2D eigenvalue weighted by Crippen LogP contribution is 2.44. The predicted octanol–water partition coefficient (Wildman–Crippen LogP) is 6.78. The molecule has 0 unspecified atom stereocenters. The Morgan fingerprint density at radius 2 is 1.46 bits per heavy atom. The predicted molar refractivity (Wildman–Crippen MR) is 109 cm³/mol. The molecule has 1 aromatic heterocycles. The quantitative estimate of drug-likeness (QED) is 0.259. The number of benzene rings is 4. The molecule has 0 saturated carbocycles. The molecule has 0 fully saturated rings. The van der Waals surface area contributed by atoms with Crippen molar-refractivity contribution < 1.29 is 4.92 Å². The van der Waals surface area contributed by atoms with Gasteiger partial charge < -0.3 is 0 Å². The van der Waals surface area contributed by atoms with E-state index in [1.165, 1.54) is 10.1 Å². The third-order valence-corrected chi connectivity index (χ3v) is 6.00. The summed E-state index contributed by atoms with van der Waals surface area (Å²) in [6.07, 6.45) is 0. The number of thiophene rings is 1. The van der Waals surface area contributed by atoms with Crippen LogP contribution in [0.2, 0.25) is 0 Å². The summed E-state index contributed by atoms with van der Waals surface area (Å²) in [7, 11) is 0. The molecule has 0 amide bonds. The van der Waals surface area contributed by atoms with Crippen LogP contribution in [0, 0.1) is 10.1 Å². The molecule has 5 aromatic rings. The Kier molecular flexibility index (Phi) is 3.27. The molecule has 4 aromatic carbocycles. The molecule has 0 aliphatic carbocycles. The second-order valence-corrected chi connectivity index (χ2v) is 7.27. The molecule has 0 aliphatic heterocycles. The number of nitro benzene ring substituents is 1. The van der Waals surface area contributed by atoms with Crippen LogP contribution in [0.1, 0.15) is 0 Å². The van der Waals surface area contributed by atoms with Crippen molar-refractivity contribution in [1.29, 1.82) is 0 Å². The Hall–Kier alpha value is -3.24. The summed E-state index contributed by atoms with van der Waals surface area (Å²) < 4.78 is 2.28. The lowest BCUT2D eigenvalue weighted by atomic mass is 9.95. The van der Waals surface area contributed by atoms with Crippen molar-refractivity contribution in [3.63, 3.8) is 0 Å². The summed E-state index contributed by atoms with van der Waals surface area (Å²) in [5.41, 5.74) is 1.77. The molecule has 0 bridgehead atoms. The van der Waals surface area contributed by atoms with E-state index >= 15 is 0 Å². The fourth-order valence-electron chi connectivity index (χ4n) is 3.64. The molecule has 0 radical (unpaired) electrons. The smallest absolute Gasteiger partial charge is 0.258 e. The Morgan fingerprint density at radius 3 is 2.31 bits per heavy atom. The summed E-state index contributed by atoms with van der Waals surface area (Å²) in [6, 6.07) is 25.6. The van der Waals surface area contributed by atoms with Gasteiger partial charge in [-0.2, -0.15) is 0 Å². The van der Waals surface area contributed by atoms with E-state index in [4.69, 9.17) is 0 Å². The van der Waals surface area contributed by atoms with E-state index in [-0.39, 0.29) is 10.6 Å². The zero-order valence-corrected chi connectivity index (χ0v) is 14.5. The first-order chi connectivity index (χ1) is 12.7. The molecule has 124 valence electrons. The lowest BCUT2D eigenvalue weighted by Crippen LogP contribution is -1.93. The van der Waals surface area contributed by atoms with Crippen LogP contribution in [-0.2, 0) is 0 Å². The highest BCUT2D eigenvalue weighted by molar-refractivity contribution is 7.26. The summed E-state index contributed by atoms with van der Waals surface area (Å²) in [5.74, 6) is 0. The van der Waals surface area contributed by atoms with E-state index in [0.717, 1.165) is 26.4 Å². The second-order valence-electron chi connectivity index (χ2n) is 6.22. The summed E-state index contributed by atoms with van der Waals surface area (Å²) >= 11 is 1.69. The van der Waals surface area contributed by atoms with Crippen LogP contribution < -0.4 is 0 Å². The Balaban J connectivity index is 1.97. The maximum absolute atomic E-state index is 11.8. The number of nitro groups is 1. The first-order valence-electron chi connectivity index (χ1n) is 8.31. The van der Waals surface area contributed by atoms with Crippen LogP contribution in [0.15, 0.2) is 78.9 Å². The fraction of sp³-hybridized carbons (Fsp3) is 0. The number of rotatable bonds is 2. The average Bonchev–Trinajstić information content (AvgIpc) is 3.06. The van der Waals surface area contributed by atoms with Crippen LogP contribution in [-0.4, -0.2) is 4.92 Å². The van der Waals surface area contributed by atoms with E-state index in [9.17, 15) is 10.1 Å². The number of hydrogen-bond donors (Lipinski definition) is 0. The molecule has 3 nitrogen and oxygen atoms in total. The molecule has 0 aliphatic rings. The van der Waals surface area contributed by atoms with Gasteiger partial charge in [-0.3, -0.25) is 10.1 Å². The van der Waals surface area contributed by atoms with Crippen LogP contribution >= 0.6 is 11.3 Å². The first kappa shape index (κ1) is 15.0. The monoisotopic (exact) mass is 355 g/mol. The van der Waals surface area contributed by atoms with E-state index < -0.39 is 0 Å². The normalized spacial score (nSPS) is 11.4. The number of nitrogens with zero attached hydrogens (tertiary/aromatic N) is 1. The molecule has 26 heavy (non-hydrogen) atoms. The zero-order valence-electron chi connectivity index (χ0n) is 13.7. The molecule has 0 spiro atoms. The van der Waals surface area contributed by atoms with Crippen LogP contribution in [0.25, 0.3) is 42.1 Å². The second kappa shape index (κ2) is 5.64. The molecule has 1 heterocycles. The maximum atomic E-state index is 11.8. The standard InChI is InChI=1S/C22H13NO2S/c24-23(25)19-13-12-14-6-1-2-7-15(14)21(19)18-10-5-9-17-16-8-3-4-11-20(16)26-22(17)18/h1-13H. The zero-order chi connectivity index (χ0) is 17.7. The SMILES string of the molecule is O=[N+]([O-])c1ccc2ccccc2c1-c1cccc2c1sc1ccccc12. The van der Waals surface area contributed by atoms with Gasteiger partial charge in [-0.05, 0) is 22.9 Å². The lowest BCUT2D eigenvalue weighted by molar-refractivity contribution is -0.384. The molecular formula is C22H13NO2S. The van der Waals surface area contributed by atoms with Crippen molar-refractivity contribution in [2.75, 3.05) is 0 Å². The third-order valence-electron chi connectivity index (χ3n) is 4.78. The van der Waals surface area contributed by atoms with E-state index in [2.05, 4.69) is 18.2 Å². The van der Waals surface area contributed by atoms with Gasteiger partial charge >= 0.3 is 0 Å². The van der Waals surface area contributed by atoms with Crippen molar-refractivity contribution in [3.8, 4) is 11.1 Å². The summed E-state index contributed by atoms with van der Waals surface area (Å²) in [4.78, 5) is 11.5. The van der Waals surface area contributed by atoms with Crippen molar-refractivity contribution in [2.24, 2.45) is 0 Å². The molecule has 0 saturated heterocycles. The summed E-state index contributed by atoms with van der Waals surface area (Å²) in [6.45, 7) is 0. The molecule has 5 rings (SSSR count). The molecular weight excluding hydrogens is 342 g/mol. The van der Waals surface area contributed by atoms with Crippen molar-refractivity contribution in [1.82, 2.24) is 0 Å². The van der Waals surface area contributed by atoms with Gasteiger partial charge in [0.2, 0.25) is 0 Å². The number of fused-ring (bicyclic) bond motifs is 4. The Bertz CT molecular complexity index is 1320. The molecule has 0 N–H and O–H groups in total. The number of hydrogen-bond acceptors (Lipinski definition) is 3. The van der Waals surface area contributed by atoms with E-state index in [1.807, 2.05) is 54.6 Å². The minimum Gasteiger partial charge on any atom is -0.258 e. The Labute approximate surface area is 153 Å². The van der Waals surface area contributed by atoms with Crippen LogP contribution in [0.4, 0.5) is 5.69 Å². The summed E-state index contributed by atoms with van der Waals surface area (Å²) in [5, 5.41) is 16.0. The van der Waals surface area contributed by atoms with Crippen molar-refractivity contribution in [3.05, 3.63) is 89.0 Å². The van der Waals surface area contributed by atoms with Gasteiger partial charge in [-0.1, -0.05) is 60.7 Å². The topological polar surface area (TPSA) is 43.1 Å². The van der Waals surface area contributed by atoms with Crippen LogP contribution in [0.5, 0.6) is 0 Å². The van der Waals surface area contributed by atoms with Gasteiger partial charge in [0.1, 0.15) is 0 Å². The van der Waals surface area contributed by atoms with Gasteiger partial charge in [-0.25, -0.2) is 0 Å². The van der Waals surface area contributed by atoms with Crippen molar-refractivity contribution in [2.45, 2.75) is 0 Å². The van der Waals surface area contributed by atoms with E-state index in [0.29, 0.717) is 5.56 Å². The van der Waals surface area contributed by atoms with Gasteiger partial charge in [-0.15, -0.1) is 11.3 Å². The molecule has 0 atom stereocenters. The minimum atomic E-state index is -0.284. The van der Waals surface area contributed by atoms with Crippen LogP contribution in [0.3, 0.4) is 0 Å². The fourth-order valence-corrected chi connectivity index (χ4v) is 4.86. The van der Waals surface area contributed by atoms with Crippen molar-refractivity contribution >= 4 is 48.0 Å². The van der Waals surface area contributed by atoms with Gasteiger partial charge in [0.05, 0.1) is 10.5 Å². The van der Waals surface area contributed by atoms with Gasteiger partial charge in [0.15, 0.2) is 0 Å².